The van der Waals surface area contributed by atoms with Gasteiger partial charge in [0, 0.05) is 23.1 Å². The molecule has 0 unspecified atom stereocenters. The van der Waals surface area contributed by atoms with E-state index < -0.39 is 18.3 Å². The molecule has 0 atom stereocenters. The van der Waals surface area contributed by atoms with E-state index in [1.165, 1.54) is 0 Å². The molecule has 2 N–H and O–H groups in total. The molecular weight excluding hydrogens is 453 g/mol. The number of fused-ring (bicyclic) bond motifs is 1. The lowest BCUT2D eigenvalue weighted by Crippen LogP contribution is -2.41. The summed E-state index contributed by atoms with van der Waals surface area (Å²) < 4.78 is 19.9. The first-order valence-electron chi connectivity index (χ1n) is 12.1. The van der Waals surface area contributed by atoms with E-state index in [0.717, 1.165) is 50.7 Å². The number of hydrogen-bond donors (Lipinski definition) is 2. The fourth-order valence-electron chi connectivity index (χ4n) is 4.50. The molecule has 36 heavy (non-hydrogen) atoms. The van der Waals surface area contributed by atoms with Gasteiger partial charge in [0.15, 0.2) is 5.65 Å². The Labute approximate surface area is 212 Å². The number of pyridine rings is 1. The molecule has 7 nitrogen and oxygen atoms in total. The molecular formula is C28H32BN3O4. The zero-order valence-electron chi connectivity index (χ0n) is 21.6. The molecule has 5 rings (SSSR count). The van der Waals surface area contributed by atoms with Gasteiger partial charge in [-0.15, -0.1) is 0 Å². The Morgan fingerprint density at radius 2 is 1.78 bits per heavy atom. The molecule has 2 aromatic heterocycles. The second-order valence-corrected chi connectivity index (χ2v) is 10.2. The third-order valence-corrected chi connectivity index (χ3v) is 7.33. The molecule has 1 aliphatic heterocycles. The van der Waals surface area contributed by atoms with Crippen molar-refractivity contribution in [2.75, 3.05) is 12.4 Å². The van der Waals surface area contributed by atoms with Crippen molar-refractivity contribution >= 4 is 29.6 Å². The maximum atomic E-state index is 10.1. The Morgan fingerprint density at radius 3 is 2.47 bits per heavy atom. The number of benzene rings is 2. The number of aliphatic hydroxyl groups excluding tert-OH is 1. The number of ether oxygens (including phenoxy) is 1. The number of nitrogens with zero attached hydrogens (tertiary/aromatic N) is 2. The van der Waals surface area contributed by atoms with Gasteiger partial charge >= 0.3 is 7.12 Å². The van der Waals surface area contributed by atoms with Crippen LogP contribution in [0.5, 0.6) is 5.75 Å². The highest BCUT2D eigenvalue weighted by Crippen LogP contribution is 2.37. The minimum absolute atomic E-state index is 0.123. The molecule has 0 amide bonds. The third kappa shape index (κ3) is 4.15. The van der Waals surface area contributed by atoms with Crippen LogP contribution < -0.4 is 15.5 Å². The number of rotatable bonds is 6. The highest BCUT2D eigenvalue weighted by molar-refractivity contribution is 6.62. The van der Waals surface area contributed by atoms with Crippen LogP contribution in [-0.4, -0.2) is 39.9 Å². The van der Waals surface area contributed by atoms with E-state index in [9.17, 15) is 5.11 Å². The lowest BCUT2D eigenvalue weighted by molar-refractivity contribution is 0.00578. The average molecular weight is 485 g/mol. The van der Waals surface area contributed by atoms with Crippen LogP contribution in [0.4, 0.5) is 11.4 Å². The summed E-state index contributed by atoms with van der Waals surface area (Å²) in [5.74, 6) is 0.793. The van der Waals surface area contributed by atoms with Crippen LogP contribution in [0.15, 0.2) is 60.8 Å². The van der Waals surface area contributed by atoms with Gasteiger partial charge in [-0.1, -0.05) is 18.2 Å². The first kappa shape index (κ1) is 24.4. The van der Waals surface area contributed by atoms with Crippen molar-refractivity contribution in [2.45, 2.75) is 52.4 Å². The summed E-state index contributed by atoms with van der Waals surface area (Å²) in [5, 5.41) is 13.6. The van der Waals surface area contributed by atoms with Gasteiger partial charge in [0.1, 0.15) is 5.75 Å². The van der Waals surface area contributed by atoms with E-state index >= 15 is 0 Å². The quantitative estimate of drug-likeness (QED) is 0.380. The van der Waals surface area contributed by atoms with Crippen LogP contribution in [0.3, 0.4) is 0 Å². The van der Waals surface area contributed by atoms with Gasteiger partial charge in [0.05, 0.1) is 36.3 Å². The summed E-state index contributed by atoms with van der Waals surface area (Å²) in [5.41, 5.74) is 6.14. The van der Waals surface area contributed by atoms with E-state index in [2.05, 4.69) is 16.6 Å². The largest absolute Gasteiger partial charge is 0.497 e. The molecule has 0 saturated carbocycles. The van der Waals surface area contributed by atoms with Gasteiger partial charge < -0.3 is 28.9 Å². The number of nitrogens with one attached hydrogen (secondary N) is 1. The first-order valence-corrected chi connectivity index (χ1v) is 12.1. The van der Waals surface area contributed by atoms with E-state index in [1.807, 2.05) is 88.5 Å². The van der Waals surface area contributed by atoms with Gasteiger partial charge in [0.25, 0.3) is 0 Å². The molecule has 1 aliphatic rings. The number of aromatic nitrogens is 2. The normalized spacial score (nSPS) is 16.5. The molecule has 3 heterocycles. The topological polar surface area (TPSA) is 77.2 Å². The Balaban J connectivity index is 1.48. The lowest BCUT2D eigenvalue weighted by atomic mass is 9.76. The van der Waals surface area contributed by atoms with Gasteiger partial charge in [0.2, 0.25) is 0 Å². The van der Waals surface area contributed by atoms with E-state index in [0.29, 0.717) is 0 Å². The number of imidazole rings is 1. The van der Waals surface area contributed by atoms with Gasteiger partial charge in [-0.05, 0) is 82.0 Å². The van der Waals surface area contributed by atoms with E-state index in [4.69, 9.17) is 19.0 Å². The molecule has 2 aromatic carbocycles. The lowest BCUT2D eigenvalue weighted by Gasteiger charge is -2.32. The SMILES string of the molecule is COc1cccc(-c2nc3c(Nc4ccc(B5OC(C)(C)C(C)(C)O5)c(CO)c4)cccn3c2C)c1. The summed E-state index contributed by atoms with van der Waals surface area (Å²) in [4.78, 5) is 4.96. The highest BCUT2D eigenvalue weighted by Gasteiger charge is 2.52. The fourth-order valence-corrected chi connectivity index (χ4v) is 4.50. The van der Waals surface area contributed by atoms with Crippen molar-refractivity contribution in [1.29, 1.82) is 0 Å². The highest BCUT2D eigenvalue weighted by atomic mass is 16.7. The Morgan fingerprint density at radius 1 is 1.03 bits per heavy atom. The molecule has 0 aliphatic carbocycles. The summed E-state index contributed by atoms with van der Waals surface area (Å²) in [7, 11) is 1.13. The summed E-state index contributed by atoms with van der Waals surface area (Å²) >= 11 is 0. The molecule has 1 saturated heterocycles. The van der Waals surface area contributed by atoms with Crippen molar-refractivity contribution in [2.24, 2.45) is 0 Å². The zero-order valence-corrected chi connectivity index (χ0v) is 21.6. The molecule has 4 aromatic rings. The Kier molecular flexibility index (Phi) is 6.07. The summed E-state index contributed by atoms with van der Waals surface area (Å²) in [6.07, 6.45) is 2.01. The number of aryl methyl sites for hydroxylation is 1. The van der Waals surface area contributed by atoms with E-state index in [1.54, 1.807) is 7.11 Å². The number of methoxy groups -OCH3 is 1. The van der Waals surface area contributed by atoms with Crippen LogP contribution in [-0.2, 0) is 15.9 Å². The minimum Gasteiger partial charge on any atom is -0.497 e. The minimum atomic E-state index is -0.532. The molecule has 0 spiro atoms. The van der Waals surface area contributed by atoms with Crippen molar-refractivity contribution in [1.82, 2.24) is 9.38 Å². The van der Waals surface area contributed by atoms with Gasteiger partial charge in [-0.25, -0.2) is 4.98 Å². The Bertz CT molecular complexity index is 1410. The van der Waals surface area contributed by atoms with Crippen molar-refractivity contribution in [3.05, 3.63) is 72.1 Å². The molecule has 0 bridgehead atoms. The Hall–Kier alpha value is -3.33. The van der Waals surface area contributed by atoms with Crippen molar-refractivity contribution in [3.63, 3.8) is 0 Å². The number of aliphatic hydroxyl groups is 1. The number of anilines is 2. The summed E-state index contributed by atoms with van der Waals surface area (Å²) in [6.45, 7) is 10.0. The molecule has 0 radical (unpaired) electrons. The standard InChI is InChI=1S/C28H32BN3O4/c1-18-25(19-9-7-10-22(16-19)34-6)31-26-24(11-8-14-32(18)26)30-21-12-13-23(20(15-21)17-33)29-35-27(2,3)28(4,5)36-29/h7-16,30,33H,17H2,1-6H3. The van der Waals surface area contributed by atoms with Crippen molar-refractivity contribution < 1.29 is 19.2 Å². The monoisotopic (exact) mass is 485 g/mol. The second kappa shape index (κ2) is 8.96. The molecule has 1 fully saturated rings. The molecule has 186 valence electrons. The predicted octanol–water partition coefficient (Wildman–Crippen LogP) is 4.85. The smallest absolute Gasteiger partial charge is 0.495 e. The van der Waals surface area contributed by atoms with Crippen LogP contribution in [0.25, 0.3) is 16.9 Å². The van der Waals surface area contributed by atoms with Gasteiger partial charge in [-0.3, -0.25) is 0 Å². The first-order chi connectivity index (χ1) is 17.1. The fraction of sp³-hybridized carbons (Fsp3) is 0.321. The molecule has 8 heteroatoms. The van der Waals surface area contributed by atoms with Crippen molar-refractivity contribution in [3.8, 4) is 17.0 Å². The second-order valence-electron chi connectivity index (χ2n) is 10.2. The average Bonchev–Trinajstić information content (AvgIpc) is 3.31. The number of hydrogen-bond acceptors (Lipinski definition) is 6. The zero-order chi connectivity index (χ0) is 25.7. The van der Waals surface area contributed by atoms with Crippen LogP contribution in [0, 0.1) is 6.92 Å². The van der Waals surface area contributed by atoms with E-state index in [-0.39, 0.29) is 6.61 Å². The van der Waals surface area contributed by atoms with Gasteiger partial charge in [-0.2, -0.15) is 0 Å². The maximum Gasteiger partial charge on any atom is 0.495 e. The van der Waals surface area contributed by atoms with Crippen LogP contribution >= 0.6 is 0 Å². The maximum absolute atomic E-state index is 10.1. The predicted molar refractivity (Wildman–Crippen MR) is 143 cm³/mol. The summed E-state index contributed by atoms with van der Waals surface area (Å²) in [6, 6.07) is 17.8. The van der Waals surface area contributed by atoms with Crippen LogP contribution in [0.1, 0.15) is 39.0 Å². The van der Waals surface area contributed by atoms with Crippen LogP contribution in [0.2, 0.25) is 0 Å². The third-order valence-electron chi connectivity index (χ3n) is 7.33.